The number of carbonyl (C=O) groups excluding carboxylic acids is 3. The minimum Gasteiger partial charge on any atom is -0.294 e. The Kier molecular flexibility index (Phi) is 5.43. The van der Waals surface area contributed by atoms with Crippen molar-refractivity contribution in [2.45, 2.75) is 12.8 Å². The number of ketones is 1. The van der Waals surface area contributed by atoms with Crippen LogP contribution in [0.15, 0.2) is 60.7 Å². The van der Waals surface area contributed by atoms with Crippen molar-refractivity contribution in [1.82, 2.24) is 10.9 Å². The summed E-state index contributed by atoms with van der Waals surface area (Å²) in [6.07, 6.45) is 0.111. The lowest BCUT2D eigenvalue weighted by atomic mass is 10.1. The lowest BCUT2D eigenvalue weighted by molar-refractivity contribution is -0.121. The molecule has 0 spiro atoms. The zero-order chi connectivity index (χ0) is 15.8. The van der Waals surface area contributed by atoms with E-state index in [-0.39, 0.29) is 18.6 Å². The van der Waals surface area contributed by atoms with Gasteiger partial charge in [0.25, 0.3) is 5.91 Å². The van der Waals surface area contributed by atoms with Gasteiger partial charge in [0.15, 0.2) is 5.78 Å². The maximum Gasteiger partial charge on any atom is 0.269 e. The van der Waals surface area contributed by atoms with Crippen molar-refractivity contribution in [2.75, 3.05) is 0 Å². The van der Waals surface area contributed by atoms with E-state index in [0.29, 0.717) is 11.1 Å². The highest BCUT2D eigenvalue weighted by Gasteiger charge is 2.10. The topological polar surface area (TPSA) is 75.3 Å². The van der Waals surface area contributed by atoms with E-state index in [1.54, 1.807) is 54.6 Å². The highest BCUT2D eigenvalue weighted by molar-refractivity contribution is 5.98. The number of amides is 2. The van der Waals surface area contributed by atoms with Crippen LogP contribution in [0.3, 0.4) is 0 Å². The molecule has 112 valence electrons. The summed E-state index contributed by atoms with van der Waals surface area (Å²) in [7, 11) is 0. The van der Waals surface area contributed by atoms with E-state index >= 15 is 0 Å². The van der Waals surface area contributed by atoms with Crippen LogP contribution in [0.25, 0.3) is 0 Å². The summed E-state index contributed by atoms with van der Waals surface area (Å²) < 4.78 is 0. The molecule has 0 radical (unpaired) electrons. The van der Waals surface area contributed by atoms with Gasteiger partial charge in [0.2, 0.25) is 5.91 Å². The molecule has 0 heterocycles. The molecule has 2 aromatic rings. The second-order valence-electron chi connectivity index (χ2n) is 4.66. The van der Waals surface area contributed by atoms with Crippen LogP contribution in [0.1, 0.15) is 33.6 Å². The quantitative estimate of drug-likeness (QED) is 0.655. The van der Waals surface area contributed by atoms with Gasteiger partial charge in [0.1, 0.15) is 0 Å². The van der Waals surface area contributed by atoms with E-state index in [1.807, 2.05) is 6.07 Å². The third-order valence-corrected chi connectivity index (χ3v) is 3.03. The number of hydrazine groups is 1. The van der Waals surface area contributed by atoms with Gasteiger partial charge in [0, 0.05) is 24.0 Å². The molecule has 0 saturated carbocycles. The largest absolute Gasteiger partial charge is 0.294 e. The molecule has 0 aromatic heterocycles. The Bertz CT molecular complexity index is 597. The van der Waals surface area contributed by atoms with Crippen molar-refractivity contribution < 1.29 is 14.4 Å². The van der Waals surface area contributed by atoms with Crippen LogP contribution in [-0.4, -0.2) is 17.6 Å². The Hall–Kier alpha value is -2.95. The maximum absolute atomic E-state index is 11.8. The molecule has 0 saturated heterocycles. The lowest BCUT2D eigenvalue weighted by Crippen LogP contribution is -2.41. The van der Waals surface area contributed by atoms with Gasteiger partial charge in [-0.3, -0.25) is 25.2 Å². The van der Waals surface area contributed by atoms with Crippen LogP contribution in [0.5, 0.6) is 0 Å². The number of rotatable bonds is 5. The fourth-order valence-corrected chi connectivity index (χ4v) is 1.85. The molecule has 22 heavy (non-hydrogen) atoms. The SMILES string of the molecule is O=C(CCC(=O)c1ccccc1)NNC(=O)c1ccccc1. The molecule has 0 unspecified atom stereocenters. The Balaban J connectivity index is 1.74. The molecule has 5 heteroatoms. The molecule has 2 aromatic carbocycles. The van der Waals surface area contributed by atoms with Gasteiger partial charge in [-0.1, -0.05) is 48.5 Å². The van der Waals surface area contributed by atoms with Gasteiger partial charge < -0.3 is 0 Å². The number of carbonyl (C=O) groups is 3. The summed E-state index contributed by atoms with van der Waals surface area (Å²) in [5, 5.41) is 0. The minimum absolute atomic E-state index is 0.0167. The first kappa shape index (κ1) is 15.4. The van der Waals surface area contributed by atoms with Crippen LogP contribution in [0, 0.1) is 0 Å². The van der Waals surface area contributed by atoms with Crippen molar-refractivity contribution in [3.63, 3.8) is 0 Å². The highest BCUT2D eigenvalue weighted by Crippen LogP contribution is 2.04. The fourth-order valence-electron chi connectivity index (χ4n) is 1.85. The van der Waals surface area contributed by atoms with Crippen molar-refractivity contribution in [3.05, 3.63) is 71.8 Å². The smallest absolute Gasteiger partial charge is 0.269 e. The summed E-state index contributed by atoms with van der Waals surface area (Å²) in [5.41, 5.74) is 5.63. The van der Waals surface area contributed by atoms with E-state index in [4.69, 9.17) is 0 Å². The molecule has 2 N–H and O–H groups in total. The van der Waals surface area contributed by atoms with Crippen LogP contribution in [0.4, 0.5) is 0 Å². The average Bonchev–Trinajstić information content (AvgIpc) is 2.59. The van der Waals surface area contributed by atoms with Gasteiger partial charge in [0.05, 0.1) is 0 Å². The highest BCUT2D eigenvalue weighted by atomic mass is 16.2. The fraction of sp³-hybridized carbons (Fsp3) is 0.118. The molecule has 0 aliphatic carbocycles. The normalized spacial score (nSPS) is 9.82. The predicted molar refractivity (Wildman–Crippen MR) is 82.1 cm³/mol. The lowest BCUT2D eigenvalue weighted by Gasteiger charge is -2.07. The molecular formula is C17H16N2O3. The van der Waals surface area contributed by atoms with Crippen molar-refractivity contribution in [3.8, 4) is 0 Å². The van der Waals surface area contributed by atoms with Gasteiger partial charge in [-0.2, -0.15) is 0 Å². The molecule has 0 atom stereocenters. The van der Waals surface area contributed by atoms with E-state index in [2.05, 4.69) is 10.9 Å². The summed E-state index contributed by atoms with van der Waals surface area (Å²) in [6, 6.07) is 17.3. The first-order valence-corrected chi connectivity index (χ1v) is 6.89. The summed E-state index contributed by atoms with van der Waals surface area (Å²) in [6.45, 7) is 0. The standard InChI is InChI=1S/C17H16N2O3/c20-15(13-7-3-1-4-8-13)11-12-16(21)18-19-17(22)14-9-5-2-6-10-14/h1-10H,11-12H2,(H,18,21)(H,19,22). The number of hydrogen-bond acceptors (Lipinski definition) is 3. The van der Waals surface area contributed by atoms with Gasteiger partial charge >= 0.3 is 0 Å². The molecule has 2 amide bonds. The summed E-state index contributed by atoms with van der Waals surface area (Å²) in [4.78, 5) is 35.2. The second kappa shape index (κ2) is 7.73. The summed E-state index contributed by atoms with van der Waals surface area (Å²) >= 11 is 0. The Morgan fingerprint density at radius 2 is 1.23 bits per heavy atom. The molecule has 5 nitrogen and oxygen atoms in total. The second-order valence-corrected chi connectivity index (χ2v) is 4.66. The first-order valence-electron chi connectivity index (χ1n) is 6.89. The number of benzene rings is 2. The average molecular weight is 296 g/mol. The van der Waals surface area contributed by atoms with Crippen molar-refractivity contribution >= 4 is 17.6 Å². The Morgan fingerprint density at radius 1 is 0.682 bits per heavy atom. The van der Waals surface area contributed by atoms with Crippen molar-refractivity contribution in [1.29, 1.82) is 0 Å². The molecule has 0 fully saturated rings. The third-order valence-electron chi connectivity index (χ3n) is 3.03. The van der Waals surface area contributed by atoms with E-state index in [0.717, 1.165) is 0 Å². The number of nitrogens with one attached hydrogen (secondary N) is 2. The zero-order valence-electron chi connectivity index (χ0n) is 11.9. The third kappa shape index (κ3) is 4.56. The first-order chi connectivity index (χ1) is 10.7. The van der Waals surface area contributed by atoms with Gasteiger partial charge in [-0.25, -0.2) is 0 Å². The number of Topliss-reactive ketones (excluding diaryl/α,β-unsaturated/α-hetero) is 1. The molecule has 0 aliphatic heterocycles. The van der Waals surface area contributed by atoms with E-state index in [9.17, 15) is 14.4 Å². The predicted octanol–water partition coefficient (Wildman–Crippen LogP) is 2.11. The molecule has 2 rings (SSSR count). The minimum atomic E-state index is -0.409. The molecule has 0 aliphatic rings. The zero-order valence-corrected chi connectivity index (χ0v) is 11.9. The van der Waals surface area contributed by atoms with Crippen LogP contribution < -0.4 is 10.9 Å². The van der Waals surface area contributed by atoms with Gasteiger partial charge in [-0.15, -0.1) is 0 Å². The monoisotopic (exact) mass is 296 g/mol. The van der Waals surface area contributed by atoms with Crippen LogP contribution in [0.2, 0.25) is 0 Å². The number of hydrogen-bond donors (Lipinski definition) is 2. The van der Waals surface area contributed by atoms with Crippen LogP contribution in [-0.2, 0) is 4.79 Å². The molecular weight excluding hydrogens is 280 g/mol. The van der Waals surface area contributed by atoms with E-state index < -0.39 is 11.8 Å². The molecule has 0 bridgehead atoms. The van der Waals surface area contributed by atoms with Gasteiger partial charge in [-0.05, 0) is 12.1 Å². The Labute approximate surface area is 128 Å². The van der Waals surface area contributed by atoms with Crippen molar-refractivity contribution in [2.24, 2.45) is 0 Å². The maximum atomic E-state index is 11.8. The van der Waals surface area contributed by atoms with E-state index in [1.165, 1.54) is 0 Å². The Morgan fingerprint density at radius 3 is 1.82 bits per heavy atom. The van der Waals surface area contributed by atoms with Crippen LogP contribution >= 0.6 is 0 Å². The summed E-state index contributed by atoms with van der Waals surface area (Å²) in [5.74, 6) is -0.915.